The third-order valence-electron chi connectivity index (χ3n) is 1.93. The van der Waals surface area contributed by atoms with Crippen LogP contribution in [0.5, 0.6) is 0 Å². The van der Waals surface area contributed by atoms with Gasteiger partial charge in [-0.3, -0.25) is 0 Å². The molecule has 0 unspecified atom stereocenters. The molecule has 2 rings (SSSR count). The van der Waals surface area contributed by atoms with Gasteiger partial charge >= 0.3 is 58.2 Å². The zero-order valence-corrected chi connectivity index (χ0v) is 11.3. The molecule has 1 N–H and O–H groups in total. The van der Waals surface area contributed by atoms with Crippen LogP contribution in [0.3, 0.4) is 0 Å². The number of nitrogens with one attached hydrogen (secondary N) is 1. The Hall–Kier alpha value is 1.69. The van der Waals surface area contributed by atoms with Crippen LogP contribution in [0.25, 0.3) is 5.32 Å². The van der Waals surface area contributed by atoms with Gasteiger partial charge in [0.15, 0.2) is 0 Å². The molecule has 3 nitrogen and oxygen atoms in total. The molecule has 2 heterocycles. The van der Waals surface area contributed by atoms with E-state index in [1.807, 2.05) is 0 Å². The molecule has 52 valence electrons. The van der Waals surface area contributed by atoms with Crippen LogP contribution in [-0.4, -0.2) is 38.4 Å². The van der Waals surface area contributed by atoms with E-state index in [9.17, 15) is 0 Å². The average molecular weight is 213 g/mol. The van der Waals surface area contributed by atoms with Crippen molar-refractivity contribution in [3.05, 3.63) is 5.32 Å². The molecule has 2 saturated heterocycles. The van der Waals surface area contributed by atoms with E-state index >= 15 is 0 Å². The zero-order valence-electron chi connectivity index (χ0n) is 6.39. The molecule has 10 heavy (non-hydrogen) atoms. The van der Waals surface area contributed by atoms with Gasteiger partial charge in [0.2, 0.25) is 0 Å². The maximum atomic E-state index is 5.55. The van der Waals surface area contributed by atoms with Crippen LogP contribution in [0.4, 0.5) is 0 Å². The Morgan fingerprint density at radius 1 is 1.40 bits per heavy atom. The molecule has 0 saturated carbocycles. The molecular formula is C6H11N2ORb. The second-order valence-corrected chi connectivity index (χ2v) is 2.75. The summed E-state index contributed by atoms with van der Waals surface area (Å²) >= 11 is 0. The normalized spacial score (nSPS) is 28.8. The molecule has 0 aromatic heterocycles. The van der Waals surface area contributed by atoms with Gasteiger partial charge in [-0.1, -0.05) is 0 Å². The summed E-state index contributed by atoms with van der Waals surface area (Å²) in [5.41, 5.74) is 0.123. The second-order valence-electron chi connectivity index (χ2n) is 2.75. The van der Waals surface area contributed by atoms with E-state index < -0.39 is 0 Å². The largest absolute Gasteiger partial charge is 1.00 e. The fraction of sp³-hybridized carbons (Fsp3) is 1.00. The summed E-state index contributed by atoms with van der Waals surface area (Å²) in [6.45, 7) is 4.66. The van der Waals surface area contributed by atoms with Crippen LogP contribution in [0.2, 0.25) is 0 Å². The van der Waals surface area contributed by atoms with Gasteiger partial charge in [0.05, 0.1) is 6.61 Å². The minimum atomic E-state index is 0. The predicted molar refractivity (Wildman–Crippen MR) is 34.6 cm³/mol. The van der Waals surface area contributed by atoms with E-state index in [0.29, 0.717) is 0 Å². The summed E-state index contributed by atoms with van der Waals surface area (Å²) < 4.78 is 5.55. The van der Waals surface area contributed by atoms with Crippen molar-refractivity contribution >= 4 is 0 Å². The molecule has 2 aliphatic rings. The molecule has 2 fully saturated rings. The Labute approximate surface area is 110 Å². The average Bonchev–Trinajstić information content (AvgIpc) is 1.87. The van der Waals surface area contributed by atoms with Crippen LogP contribution in [0.1, 0.15) is 0 Å². The summed E-state index contributed by atoms with van der Waals surface area (Å²) in [5, 5.41) is 7.42. The number of morpholine rings is 1. The van der Waals surface area contributed by atoms with Crippen LogP contribution in [0, 0.1) is 0 Å². The number of rotatable bonds is 0. The maximum Gasteiger partial charge on any atom is 1.00 e. The second kappa shape index (κ2) is 4.07. The molecule has 0 atom stereocenters. The molecule has 0 radical (unpaired) electrons. The standard InChI is InChI=1S/C6H11N2O.Rb/c1-2-9-6(3-7-1)4-8-5-6;/h7H,1-5H2;/q-1;+1. The van der Waals surface area contributed by atoms with E-state index in [-0.39, 0.29) is 63.8 Å². The van der Waals surface area contributed by atoms with Crippen LogP contribution >= 0.6 is 0 Å². The molecule has 0 amide bonds. The molecule has 0 bridgehead atoms. The van der Waals surface area contributed by atoms with Crippen molar-refractivity contribution in [2.24, 2.45) is 0 Å². The van der Waals surface area contributed by atoms with Crippen molar-refractivity contribution in [3.8, 4) is 0 Å². The van der Waals surface area contributed by atoms with Crippen molar-refractivity contribution in [3.63, 3.8) is 0 Å². The van der Waals surface area contributed by atoms with Gasteiger partial charge in [-0.15, -0.1) is 13.1 Å². The summed E-state index contributed by atoms with van der Waals surface area (Å²) in [6.07, 6.45) is 0. The Morgan fingerprint density at radius 2 is 2.20 bits per heavy atom. The molecule has 0 aromatic carbocycles. The topological polar surface area (TPSA) is 35.4 Å². The number of hydrogen-bond donors (Lipinski definition) is 1. The quantitative estimate of drug-likeness (QED) is 0.458. The molecule has 2 aliphatic heterocycles. The minimum absolute atomic E-state index is 0. The molecule has 0 aliphatic carbocycles. The Bertz CT molecular complexity index is 108. The van der Waals surface area contributed by atoms with Gasteiger partial charge in [-0.2, -0.15) is 0 Å². The summed E-state index contributed by atoms with van der Waals surface area (Å²) in [5.74, 6) is 0. The minimum Gasteiger partial charge on any atom is -0.658 e. The zero-order chi connectivity index (χ0) is 6.16. The van der Waals surface area contributed by atoms with Gasteiger partial charge in [0.25, 0.3) is 0 Å². The van der Waals surface area contributed by atoms with Crippen molar-refractivity contribution in [2.45, 2.75) is 5.60 Å². The smallest absolute Gasteiger partial charge is 0.658 e. The number of hydrogen-bond acceptors (Lipinski definition) is 2. The fourth-order valence-corrected chi connectivity index (χ4v) is 1.27. The number of nitrogens with zero attached hydrogens (tertiary/aromatic N) is 1. The first-order valence-corrected chi connectivity index (χ1v) is 3.39. The van der Waals surface area contributed by atoms with E-state index in [0.717, 1.165) is 32.8 Å². The molecule has 4 heteroatoms. The van der Waals surface area contributed by atoms with Crippen molar-refractivity contribution < 1.29 is 62.9 Å². The van der Waals surface area contributed by atoms with Crippen LogP contribution < -0.4 is 63.5 Å². The first kappa shape index (κ1) is 9.77. The Kier molecular flexibility index (Phi) is 3.98. The van der Waals surface area contributed by atoms with Crippen LogP contribution in [-0.2, 0) is 4.74 Å². The third-order valence-corrected chi connectivity index (χ3v) is 1.93. The SMILES string of the molecule is C1COC2(C[N-]C2)CN1.[Rb+]. The first-order valence-electron chi connectivity index (χ1n) is 3.39. The van der Waals surface area contributed by atoms with Gasteiger partial charge in [-0.05, 0) is 0 Å². The van der Waals surface area contributed by atoms with Gasteiger partial charge in [-0.25, -0.2) is 0 Å². The van der Waals surface area contributed by atoms with Crippen molar-refractivity contribution in [2.75, 3.05) is 32.8 Å². The molecule has 0 aromatic rings. The van der Waals surface area contributed by atoms with E-state index in [1.54, 1.807) is 0 Å². The number of ether oxygens (including phenoxy) is 1. The van der Waals surface area contributed by atoms with Gasteiger partial charge < -0.3 is 15.4 Å². The predicted octanol–water partition coefficient (Wildman–Crippen LogP) is -3.26. The van der Waals surface area contributed by atoms with E-state index in [2.05, 4.69) is 10.6 Å². The summed E-state index contributed by atoms with van der Waals surface area (Å²) in [4.78, 5) is 0. The third kappa shape index (κ3) is 1.89. The van der Waals surface area contributed by atoms with Crippen molar-refractivity contribution in [1.82, 2.24) is 5.32 Å². The van der Waals surface area contributed by atoms with Crippen LogP contribution in [0.15, 0.2) is 0 Å². The Morgan fingerprint density at radius 3 is 2.50 bits per heavy atom. The maximum absolute atomic E-state index is 5.55. The van der Waals surface area contributed by atoms with E-state index in [1.165, 1.54) is 0 Å². The van der Waals surface area contributed by atoms with Gasteiger partial charge in [0, 0.05) is 18.7 Å². The summed E-state index contributed by atoms with van der Waals surface area (Å²) in [6, 6.07) is 0. The monoisotopic (exact) mass is 212 g/mol. The molecule has 1 spiro atoms. The van der Waals surface area contributed by atoms with Gasteiger partial charge in [0.1, 0.15) is 0 Å². The van der Waals surface area contributed by atoms with E-state index in [4.69, 9.17) is 4.74 Å². The van der Waals surface area contributed by atoms with Crippen molar-refractivity contribution in [1.29, 1.82) is 0 Å². The summed E-state index contributed by atoms with van der Waals surface area (Å²) in [7, 11) is 0. The molecular weight excluding hydrogens is 202 g/mol. The first-order chi connectivity index (χ1) is 4.41. The fourth-order valence-electron chi connectivity index (χ4n) is 1.27. The Balaban J connectivity index is 0.000000500.